The Morgan fingerprint density at radius 2 is 1.56 bits per heavy atom. The van der Waals surface area contributed by atoms with Crippen molar-refractivity contribution in [3.8, 4) is 0 Å². The van der Waals surface area contributed by atoms with Crippen LogP contribution < -0.4 is 21.3 Å². The van der Waals surface area contributed by atoms with Gasteiger partial charge in [0.25, 0.3) is 0 Å². The lowest BCUT2D eigenvalue weighted by atomic mass is 10.0. The molecule has 2 aliphatic carbocycles. The number of rotatable bonds is 22. The summed E-state index contributed by atoms with van der Waals surface area (Å²) >= 11 is 0. The summed E-state index contributed by atoms with van der Waals surface area (Å²) in [6, 6.07) is -1.02. The van der Waals surface area contributed by atoms with Crippen molar-refractivity contribution in [3.05, 3.63) is 11.4 Å². The standard InChI is InChI=1S/C34H53N7O9/c1-4-35-34(49)50-20-27-25-10-12-28-30(13-11-26(25)27)41(40-39-28)16-6-5-7-21(2)33(48)37-18-24(45)8-14-31(46)36-17-23(44)9-15-32(47)38-29(19-42)22(3)43/h21,25-27,29,42H,4-20H2,1-3H3,(H,35,49)(H,36,46)(H,37,48)(H,38,47)/t21-,25+,26-,27+,29-/m0/s1. The van der Waals surface area contributed by atoms with E-state index in [9.17, 15) is 33.6 Å². The number of carbonyl (C=O) groups is 7. The predicted octanol–water partition coefficient (Wildman–Crippen LogP) is 0.569. The van der Waals surface area contributed by atoms with Gasteiger partial charge in [-0.2, -0.15) is 0 Å². The Labute approximate surface area is 292 Å². The number of alkyl carbamates (subject to hydrolysis) is 1. The molecule has 1 aromatic heterocycles. The van der Waals surface area contributed by atoms with Gasteiger partial charge in [-0.1, -0.05) is 18.6 Å². The number of nitrogens with zero attached hydrogens (tertiary/aromatic N) is 3. The third-order valence-corrected chi connectivity index (χ3v) is 9.50. The Balaban J connectivity index is 1.24. The molecule has 1 aromatic rings. The number of carbonyl (C=O) groups excluding carboxylic acids is 7. The van der Waals surface area contributed by atoms with E-state index in [2.05, 4.69) is 31.6 Å². The number of aryl methyl sites for hydroxylation is 2. The molecule has 2 aliphatic rings. The number of hydrogen-bond donors (Lipinski definition) is 5. The summed E-state index contributed by atoms with van der Waals surface area (Å²) in [5.74, 6) is -1.18. The quantitative estimate of drug-likeness (QED) is 0.105. The Hall–Kier alpha value is -4.21. The van der Waals surface area contributed by atoms with E-state index in [0.717, 1.165) is 44.2 Å². The summed E-state index contributed by atoms with van der Waals surface area (Å²) < 4.78 is 7.36. The summed E-state index contributed by atoms with van der Waals surface area (Å²) in [6.07, 6.45) is 5.12. The molecule has 3 rings (SSSR count). The van der Waals surface area contributed by atoms with E-state index < -0.39 is 36.0 Å². The summed E-state index contributed by atoms with van der Waals surface area (Å²) in [4.78, 5) is 83.6. The molecule has 50 heavy (non-hydrogen) atoms. The maximum Gasteiger partial charge on any atom is 0.407 e. The van der Waals surface area contributed by atoms with Crippen LogP contribution in [0.2, 0.25) is 0 Å². The van der Waals surface area contributed by atoms with Gasteiger partial charge in [0, 0.05) is 44.7 Å². The van der Waals surface area contributed by atoms with E-state index >= 15 is 0 Å². The summed E-state index contributed by atoms with van der Waals surface area (Å²) in [7, 11) is 0. The van der Waals surface area contributed by atoms with Crippen molar-refractivity contribution >= 4 is 41.2 Å². The smallest absolute Gasteiger partial charge is 0.407 e. The molecule has 0 aromatic carbocycles. The highest BCUT2D eigenvalue weighted by molar-refractivity contribution is 5.92. The molecule has 0 aliphatic heterocycles. The lowest BCUT2D eigenvalue weighted by Gasteiger charge is -2.13. The fourth-order valence-corrected chi connectivity index (χ4v) is 6.33. The molecule has 5 atom stereocenters. The van der Waals surface area contributed by atoms with Gasteiger partial charge < -0.3 is 31.1 Å². The molecule has 0 spiro atoms. The van der Waals surface area contributed by atoms with Gasteiger partial charge in [-0.3, -0.25) is 28.8 Å². The minimum atomic E-state index is -1.02. The van der Waals surface area contributed by atoms with Crippen molar-refractivity contribution < 1.29 is 43.4 Å². The Bertz CT molecular complexity index is 1360. The zero-order valence-corrected chi connectivity index (χ0v) is 29.5. The van der Waals surface area contributed by atoms with Crippen LogP contribution in [0.1, 0.15) is 89.9 Å². The molecule has 1 saturated carbocycles. The number of ether oxygens (including phenoxy) is 1. The summed E-state index contributed by atoms with van der Waals surface area (Å²) in [5.41, 5.74) is 2.22. The second-order valence-corrected chi connectivity index (χ2v) is 13.3. The molecule has 0 unspecified atom stereocenters. The second kappa shape index (κ2) is 20.5. The van der Waals surface area contributed by atoms with Crippen molar-refractivity contribution in [1.82, 2.24) is 36.3 Å². The van der Waals surface area contributed by atoms with E-state index in [-0.39, 0.29) is 62.5 Å². The fraction of sp³-hybridized carbons (Fsp3) is 0.735. The van der Waals surface area contributed by atoms with Crippen LogP contribution in [-0.4, -0.2) is 100 Å². The molecule has 16 heteroatoms. The first-order valence-electron chi connectivity index (χ1n) is 17.7. The second-order valence-electron chi connectivity index (χ2n) is 13.3. The zero-order valence-electron chi connectivity index (χ0n) is 29.5. The van der Waals surface area contributed by atoms with Gasteiger partial charge in [0.1, 0.15) is 6.04 Å². The lowest BCUT2D eigenvalue weighted by molar-refractivity contribution is -0.129. The topological polar surface area (TPSA) is 228 Å². The number of amides is 4. The number of fused-ring (bicyclic) bond motifs is 2. The van der Waals surface area contributed by atoms with Gasteiger partial charge in [-0.05, 0) is 70.1 Å². The van der Waals surface area contributed by atoms with Crippen LogP contribution >= 0.6 is 0 Å². The number of nitrogens with one attached hydrogen (secondary N) is 4. The van der Waals surface area contributed by atoms with Gasteiger partial charge in [-0.25, -0.2) is 9.48 Å². The average Bonchev–Trinajstić information content (AvgIpc) is 3.60. The number of Topliss-reactive ketones (excluding diaryl/α,β-unsaturated/α-hetero) is 3. The molecule has 0 radical (unpaired) electrons. The molecule has 0 saturated heterocycles. The first-order chi connectivity index (χ1) is 23.9. The normalized spacial score (nSPS) is 18.9. The Kier molecular flexibility index (Phi) is 16.5. The number of aliphatic hydroxyl groups is 1. The monoisotopic (exact) mass is 703 g/mol. The maximum absolute atomic E-state index is 12.5. The van der Waals surface area contributed by atoms with E-state index in [0.29, 0.717) is 43.9 Å². The van der Waals surface area contributed by atoms with E-state index in [1.165, 1.54) is 12.6 Å². The molecule has 0 bridgehead atoms. The van der Waals surface area contributed by atoms with Crippen molar-refractivity contribution in [2.45, 2.75) is 104 Å². The van der Waals surface area contributed by atoms with Crippen LogP contribution in [0.15, 0.2) is 0 Å². The van der Waals surface area contributed by atoms with E-state index in [1.54, 1.807) is 0 Å². The van der Waals surface area contributed by atoms with E-state index in [1.807, 2.05) is 18.5 Å². The van der Waals surface area contributed by atoms with Crippen molar-refractivity contribution in [1.29, 1.82) is 0 Å². The minimum absolute atomic E-state index is 0.0984. The van der Waals surface area contributed by atoms with Crippen molar-refractivity contribution in [3.63, 3.8) is 0 Å². The van der Waals surface area contributed by atoms with Gasteiger partial charge in [-0.15, -0.1) is 5.10 Å². The maximum atomic E-state index is 12.5. The highest BCUT2D eigenvalue weighted by Crippen LogP contribution is 2.52. The molecule has 4 amide bonds. The summed E-state index contributed by atoms with van der Waals surface area (Å²) in [5, 5.41) is 28.0. The van der Waals surface area contributed by atoms with Gasteiger partial charge in [0.15, 0.2) is 17.3 Å². The Morgan fingerprint density at radius 3 is 2.22 bits per heavy atom. The van der Waals surface area contributed by atoms with Crippen LogP contribution in [0.5, 0.6) is 0 Å². The third-order valence-electron chi connectivity index (χ3n) is 9.50. The largest absolute Gasteiger partial charge is 0.449 e. The van der Waals surface area contributed by atoms with Gasteiger partial charge in [0.2, 0.25) is 17.7 Å². The summed E-state index contributed by atoms with van der Waals surface area (Å²) in [6.45, 7) is 5.59. The van der Waals surface area contributed by atoms with Crippen LogP contribution in [0.25, 0.3) is 0 Å². The molecular formula is C34H53N7O9. The molecule has 5 N–H and O–H groups in total. The van der Waals surface area contributed by atoms with E-state index in [4.69, 9.17) is 9.84 Å². The Morgan fingerprint density at radius 1 is 0.900 bits per heavy atom. The van der Waals surface area contributed by atoms with Gasteiger partial charge in [0.05, 0.1) is 37.7 Å². The number of hydrogen-bond acceptors (Lipinski definition) is 11. The van der Waals surface area contributed by atoms with Crippen LogP contribution in [0, 0.1) is 23.7 Å². The highest BCUT2D eigenvalue weighted by Gasteiger charge is 2.50. The molecule has 278 valence electrons. The van der Waals surface area contributed by atoms with Crippen molar-refractivity contribution in [2.75, 3.05) is 32.8 Å². The van der Waals surface area contributed by atoms with Crippen molar-refractivity contribution in [2.24, 2.45) is 23.7 Å². The first kappa shape index (κ1) is 40.2. The first-order valence-corrected chi connectivity index (χ1v) is 17.7. The number of unbranched alkanes of at least 4 members (excludes halogenated alkanes) is 1. The molecule has 16 nitrogen and oxygen atoms in total. The highest BCUT2D eigenvalue weighted by atomic mass is 16.5. The lowest BCUT2D eigenvalue weighted by Crippen LogP contribution is -2.42. The number of aromatic nitrogens is 3. The van der Waals surface area contributed by atoms with Crippen LogP contribution in [0.4, 0.5) is 4.79 Å². The van der Waals surface area contributed by atoms with Crippen LogP contribution in [-0.2, 0) is 52.9 Å². The molecule has 1 fully saturated rings. The third kappa shape index (κ3) is 13.2. The number of ketones is 3. The minimum Gasteiger partial charge on any atom is -0.449 e. The van der Waals surface area contributed by atoms with Crippen LogP contribution in [0.3, 0.4) is 0 Å². The zero-order chi connectivity index (χ0) is 36.6. The fourth-order valence-electron chi connectivity index (χ4n) is 6.33. The SMILES string of the molecule is CCNC(=O)OC[C@@H]1[C@@H]2CCc3nnn(CCCC[C@H](C)C(=O)NCC(=O)CCC(=O)NCC(=O)CCC(=O)N[C@@H](CO)C(C)=O)c3CC[C@@H]21. The molecule has 1 heterocycles. The van der Waals surface area contributed by atoms with Gasteiger partial charge >= 0.3 is 6.09 Å². The predicted molar refractivity (Wildman–Crippen MR) is 179 cm³/mol. The average molecular weight is 704 g/mol. The number of aliphatic hydroxyl groups excluding tert-OH is 1. The molecular weight excluding hydrogens is 650 g/mol.